The van der Waals surface area contributed by atoms with Gasteiger partial charge in [-0.15, -0.1) is 0 Å². The van der Waals surface area contributed by atoms with Gasteiger partial charge in [-0.2, -0.15) is 0 Å². The summed E-state index contributed by atoms with van der Waals surface area (Å²) in [6, 6.07) is 14.2. The van der Waals surface area contributed by atoms with E-state index in [0.717, 1.165) is 5.56 Å². The molecule has 0 fully saturated rings. The molecule has 7 nitrogen and oxygen atoms in total. The van der Waals surface area contributed by atoms with Crippen molar-refractivity contribution in [3.63, 3.8) is 0 Å². The quantitative estimate of drug-likeness (QED) is 0.658. The number of nitrogens with two attached hydrogens (primary N) is 1. The number of carbonyl (C=O) groups is 1. The van der Waals surface area contributed by atoms with E-state index >= 15 is 0 Å². The predicted molar refractivity (Wildman–Crippen MR) is 95.1 cm³/mol. The lowest BCUT2D eigenvalue weighted by molar-refractivity contribution is -0.122. The van der Waals surface area contributed by atoms with Crippen LogP contribution in [-0.2, 0) is 4.79 Å². The Morgan fingerprint density at radius 3 is 2.77 bits per heavy atom. The van der Waals surface area contributed by atoms with Gasteiger partial charge in [-0.05, 0) is 17.7 Å². The molecule has 2 aromatic rings. The van der Waals surface area contributed by atoms with E-state index in [-0.39, 0.29) is 38.3 Å². The number of rotatable bonds is 8. The van der Waals surface area contributed by atoms with Crippen molar-refractivity contribution in [2.24, 2.45) is 5.73 Å². The first-order valence-corrected chi connectivity index (χ1v) is 8.39. The fraction of sp³-hybridized carbons (Fsp3) is 0.316. The van der Waals surface area contributed by atoms with Crippen LogP contribution in [0.5, 0.6) is 17.2 Å². The first kappa shape index (κ1) is 18.0. The van der Waals surface area contributed by atoms with E-state index < -0.39 is 6.10 Å². The third-order valence-electron chi connectivity index (χ3n) is 3.95. The van der Waals surface area contributed by atoms with Crippen LogP contribution in [0.1, 0.15) is 18.0 Å². The van der Waals surface area contributed by atoms with E-state index in [0.29, 0.717) is 17.2 Å². The zero-order chi connectivity index (χ0) is 18.4. The molecule has 138 valence electrons. The van der Waals surface area contributed by atoms with Gasteiger partial charge in [0.15, 0.2) is 11.5 Å². The van der Waals surface area contributed by atoms with Crippen molar-refractivity contribution in [3.05, 3.63) is 54.1 Å². The molecule has 26 heavy (non-hydrogen) atoms. The SMILES string of the molecule is NC(CC(=O)NCC(O)COc1ccc2c(c1)OCO2)c1ccccc1. The zero-order valence-electron chi connectivity index (χ0n) is 14.3. The summed E-state index contributed by atoms with van der Waals surface area (Å²) in [5, 5.41) is 12.6. The fourth-order valence-corrected chi connectivity index (χ4v) is 2.54. The van der Waals surface area contributed by atoms with E-state index in [1.165, 1.54) is 0 Å². The lowest BCUT2D eigenvalue weighted by Crippen LogP contribution is -2.36. The normalized spacial score (nSPS) is 14.5. The summed E-state index contributed by atoms with van der Waals surface area (Å²) in [6.07, 6.45) is -0.683. The predicted octanol–water partition coefficient (Wildman–Crippen LogP) is 1.36. The molecule has 1 amide bonds. The average molecular weight is 358 g/mol. The van der Waals surface area contributed by atoms with Crippen molar-refractivity contribution < 1.29 is 24.1 Å². The van der Waals surface area contributed by atoms with Gasteiger partial charge in [0.25, 0.3) is 0 Å². The van der Waals surface area contributed by atoms with E-state index in [4.69, 9.17) is 19.9 Å². The van der Waals surface area contributed by atoms with Gasteiger partial charge in [0.05, 0.1) is 0 Å². The molecule has 0 saturated carbocycles. The van der Waals surface area contributed by atoms with Crippen LogP contribution in [0.2, 0.25) is 0 Å². The third-order valence-corrected chi connectivity index (χ3v) is 3.95. The Morgan fingerprint density at radius 1 is 1.19 bits per heavy atom. The van der Waals surface area contributed by atoms with Crippen LogP contribution in [0, 0.1) is 0 Å². The molecule has 2 aromatic carbocycles. The van der Waals surface area contributed by atoms with Crippen molar-refractivity contribution in [1.82, 2.24) is 5.32 Å². The second-order valence-electron chi connectivity index (χ2n) is 6.01. The number of fused-ring (bicyclic) bond motifs is 1. The Hall–Kier alpha value is -2.77. The Balaban J connectivity index is 1.38. The Labute approximate surface area is 151 Å². The van der Waals surface area contributed by atoms with Crippen LogP contribution < -0.4 is 25.3 Å². The first-order chi connectivity index (χ1) is 12.6. The van der Waals surface area contributed by atoms with Gasteiger partial charge < -0.3 is 30.4 Å². The Morgan fingerprint density at radius 2 is 1.96 bits per heavy atom. The average Bonchev–Trinajstić information content (AvgIpc) is 3.13. The minimum atomic E-state index is -0.836. The van der Waals surface area contributed by atoms with Crippen LogP contribution in [0.4, 0.5) is 0 Å². The number of ether oxygens (including phenoxy) is 3. The van der Waals surface area contributed by atoms with Gasteiger partial charge in [0.2, 0.25) is 12.7 Å². The molecule has 1 heterocycles. The summed E-state index contributed by atoms with van der Waals surface area (Å²) >= 11 is 0. The van der Waals surface area contributed by atoms with Crippen LogP contribution >= 0.6 is 0 Å². The Kier molecular flexibility index (Phi) is 5.93. The van der Waals surface area contributed by atoms with E-state index in [1.54, 1.807) is 18.2 Å². The highest BCUT2D eigenvalue weighted by atomic mass is 16.7. The van der Waals surface area contributed by atoms with Crippen molar-refractivity contribution in [1.29, 1.82) is 0 Å². The minimum absolute atomic E-state index is 0.0463. The topological polar surface area (TPSA) is 103 Å². The second kappa shape index (κ2) is 8.55. The number of aliphatic hydroxyl groups excluding tert-OH is 1. The molecule has 0 aliphatic carbocycles. The summed E-state index contributed by atoms with van der Waals surface area (Å²) in [5.41, 5.74) is 6.91. The fourth-order valence-electron chi connectivity index (χ4n) is 2.54. The number of amides is 1. The molecular weight excluding hydrogens is 336 g/mol. The summed E-state index contributed by atoms with van der Waals surface area (Å²) in [6.45, 7) is 0.327. The highest BCUT2D eigenvalue weighted by Gasteiger charge is 2.15. The van der Waals surface area contributed by atoms with Crippen LogP contribution in [0.3, 0.4) is 0 Å². The Bertz CT molecular complexity index is 738. The number of carbonyl (C=O) groups excluding carboxylic acids is 1. The van der Waals surface area contributed by atoms with Gasteiger partial charge in [-0.1, -0.05) is 30.3 Å². The molecule has 0 saturated heterocycles. The van der Waals surface area contributed by atoms with Crippen molar-refractivity contribution in [3.8, 4) is 17.2 Å². The molecule has 2 unspecified atom stereocenters. The second-order valence-corrected chi connectivity index (χ2v) is 6.01. The van der Waals surface area contributed by atoms with E-state index in [2.05, 4.69) is 5.32 Å². The maximum Gasteiger partial charge on any atom is 0.231 e. The molecular formula is C19H22N2O5. The van der Waals surface area contributed by atoms with E-state index in [9.17, 15) is 9.90 Å². The number of aliphatic hydroxyl groups is 1. The standard InChI is InChI=1S/C19H22N2O5/c20-16(13-4-2-1-3-5-13)9-19(23)21-10-14(22)11-24-15-6-7-17-18(8-15)26-12-25-17/h1-8,14,16,22H,9-12,20H2,(H,21,23). The van der Waals surface area contributed by atoms with Crippen molar-refractivity contribution >= 4 is 5.91 Å². The highest BCUT2D eigenvalue weighted by Crippen LogP contribution is 2.35. The van der Waals surface area contributed by atoms with Crippen LogP contribution in [0.15, 0.2) is 48.5 Å². The monoisotopic (exact) mass is 358 g/mol. The lowest BCUT2D eigenvalue weighted by atomic mass is 10.0. The number of benzene rings is 2. The number of hydrogen-bond donors (Lipinski definition) is 3. The molecule has 0 aromatic heterocycles. The first-order valence-electron chi connectivity index (χ1n) is 8.39. The smallest absolute Gasteiger partial charge is 0.231 e. The largest absolute Gasteiger partial charge is 0.491 e. The van der Waals surface area contributed by atoms with Crippen molar-refractivity contribution in [2.75, 3.05) is 19.9 Å². The summed E-state index contributed by atoms with van der Waals surface area (Å²) in [7, 11) is 0. The maximum absolute atomic E-state index is 12.0. The number of hydrogen-bond acceptors (Lipinski definition) is 6. The lowest BCUT2D eigenvalue weighted by Gasteiger charge is -2.15. The zero-order valence-corrected chi connectivity index (χ0v) is 14.3. The summed E-state index contributed by atoms with van der Waals surface area (Å²) < 4.78 is 16.0. The molecule has 4 N–H and O–H groups in total. The number of nitrogens with one attached hydrogen (secondary N) is 1. The maximum atomic E-state index is 12.0. The van der Waals surface area contributed by atoms with Crippen LogP contribution in [0.25, 0.3) is 0 Å². The molecule has 7 heteroatoms. The van der Waals surface area contributed by atoms with Gasteiger partial charge >= 0.3 is 0 Å². The van der Waals surface area contributed by atoms with Crippen molar-refractivity contribution in [2.45, 2.75) is 18.6 Å². The molecule has 2 atom stereocenters. The molecule has 0 radical (unpaired) electrons. The molecule has 3 rings (SSSR count). The van der Waals surface area contributed by atoms with Crippen LogP contribution in [-0.4, -0.2) is 37.1 Å². The van der Waals surface area contributed by atoms with Gasteiger partial charge in [-0.3, -0.25) is 4.79 Å². The summed E-state index contributed by atoms with van der Waals surface area (Å²) in [5.74, 6) is 1.62. The van der Waals surface area contributed by atoms with Gasteiger partial charge in [0, 0.05) is 25.1 Å². The third kappa shape index (κ3) is 4.87. The van der Waals surface area contributed by atoms with Gasteiger partial charge in [-0.25, -0.2) is 0 Å². The highest BCUT2D eigenvalue weighted by molar-refractivity contribution is 5.76. The summed E-state index contributed by atoms with van der Waals surface area (Å²) in [4.78, 5) is 12.0. The van der Waals surface area contributed by atoms with Gasteiger partial charge in [0.1, 0.15) is 18.5 Å². The minimum Gasteiger partial charge on any atom is -0.491 e. The molecule has 1 aliphatic heterocycles. The molecule has 0 spiro atoms. The van der Waals surface area contributed by atoms with E-state index in [1.807, 2.05) is 30.3 Å². The molecule has 0 bridgehead atoms. The molecule has 1 aliphatic rings.